The van der Waals surface area contributed by atoms with Crippen LogP contribution in [0.5, 0.6) is 0 Å². The minimum absolute atomic E-state index is 0.0217. The van der Waals surface area contributed by atoms with Crippen molar-refractivity contribution < 1.29 is 4.79 Å². The minimum atomic E-state index is -0.176. The Morgan fingerprint density at radius 2 is 2.21 bits per heavy atom. The van der Waals surface area contributed by atoms with Gasteiger partial charge in [0.1, 0.15) is 0 Å². The van der Waals surface area contributed by atoms with Gasteiger partial charge in [-0.2, -0.15) is 0 Å². The lowest BCUT2D eigenvalue weighted by atomic mass is 9.78. The second-order valence-corrected chi connectivity index (χ2v) is 8.87. The van der Waals surface area contributed by atoms with E-state index in [-0.39, 0.29) is 23.3 Å². The van der Waals surface area contributed by atoms with Crippen LogP contribution in [0.2, 0.25) is 5.02 Å². The number of nitrogens with one attached hydrogen (secondary N) is 1. The number of nitrogens with zero attached hydrogens (tertiary/aromatic N) is 2. The van der Waals surface area contributed by atoms with Gasteiger partial charge in [0.15, 0.2) is 5.16 Å². The lowest BCUT2D eigenvalue weighted by Gasteiger charge is -2.34. The molecule has 28 heavy (non-hydrogen) atoms. The molecule has 7 heteroatoms. The zero-order chi connectivity index (χ0) is 20.3. The van der Waals surface area contributed by atoms with E-state index in [4.69, 9.17) is 11.6 Å². The molecule has 2 aromatic rings. The van der Waals surface area contributed by atoms with E-state index in [9.17, 15) is 9.59 Å². The third kappa shape index (κ3) is 4.61. The first-order chi connectivity index (χ1) is 13.4. The number of aromatic nitrogens is 2. The van der Waals surface area contributed by atoms with E-state index >= 15 is 0 Å². The average molecular weight is 420 g/mol. The second-order valence-electron chi connectivity index (χ2n) is 7.49. The van der Waals surface area contributed by atoms with Gasteiger partial charge in [-0.25, -0.2) is 4.98 Å². The van der Waals surface area contributed by atoms with Crippen molar-refractivity contribution in [1.29, 1.82) is 0 Å². The lowest BCUT2D eigenvalue weighted by Crippen LogP contribution is -2.44. The van der Waals surface area contributed by atoms with Crippen LogP contribution < -0.4 is 10.9 Å². The number of halogens is 1. The van der Waals surface area contributed by atoms with Gasteiger partial charge in [-0.1, -0.05) is 56.1 Å². The maximum absolute atomic E-state index is 12.8. The molecule has 0 unspecified atom stereocenters. The quantitative estimate of drug-likeness (QED) is 0.431. The van der Waals surface area contributed by atoms with Crippen molar-refractivity contribution >= 4 is 40.2 Å². The van der Waals surface area contributed by atoms with E-state index in [2.05, 4.69) is 30.7 Å². The van der Waals surface area contributed by atoms with Gasteiger partial charge < -0.3 is 5.32 Å². The van der Waals surface area contributed by atoms with E-state index in [1.54, 1.807) is 24.3 Å². The monoisotopic (exact) mass is 419 g/mol. The minimum Gasteiger partial charge on any atom is -0.352 e. The molecule has 0 saturated heterocycles. The summed E-state index contributed by atoms with van der Waals surface area (Å²) < 4.78 is 1.54. The van der Waals surface area contributed by atoms with Crippen LogP contribution in [0, 0.1) is 11.8 Å². The molecular weight excluding hydrogens is 394 g/mol. The van der Waals surface area contributed by atoms with E-state index in [1.807, 2.05) is 0 Å². The molecule has 0 spiro atoms. The summed E-state index contributed by atoms with van der Waals surface area (Å²) in [6.07, 6.45) is 5.05. The summed E-state index contributed by atoms with van der Waals surface area (Å²) >= 11 is 7.30. The van der Waals surface area contributed by atoms with Gasteiger partial charge in [0, 0.05) is 17.6 Å². The molecule has 1 aromatic heterocycles. The summed E-state index contributed by atoms with van der Waals surface area (Å²) in [5, 5.41) is 4.64. The Kier molecular flexibility index (Phi) is 6.83. The number of fused-ring (bicyclic) bond motifs is 1. The van der Waals surface area contributed by atoms with Gasteiger partial charge >= 0.3 is 0 Å². The molecule has 1 N–H and O–H groups in total. The summed E-state index contributed by atoms with van der Waals surface area (Å²) in [7, 11) is 0. The van der Waals surface area contributed by atoms with Crippen molar-refractivity contribution in [3.8, 4) is 0 Å². The zero-order valence-electron chi connectivity index (χ0n) is 16.3. The Balaban J connectivity index is 1.77. The molecule has 1 aromatic carbocycles. The molecule has 1 saturated carbocycles. The highest BCUT2D eigenvalue weighted by atomic mass is 35.5. The molecule has 1 amide bonds. The molecule has 0 aliphatic heterocycles. The predicted molar refractivity (Wildman–Crippen MR) is 116 cm³/mol. The normalized spacial score (nSPS) is 22.2. The first-order valence-corrected chi connectivity index (χ1v) is 11.0. The Morgan fingerprint density at radius 1 is 1.43 bits per heavy atom. The fraction of sp³-hybridized carbons (Fsp3) is 0.476. The van der Waals surface area contributed by atoms with E-state index in [0.717, 1.165) is 12.8 Å². The van der Waals surface area contributed by atoms with Crippen LogP contribution in [0.3, 0.4) is 0 Å². The lowest BCUT2D eigenvalue weighted by molar-refractivity contribution is -0.120. The molecule has 1 aliphatic rings. The van der Waals surface area contributed by atoms with Gasteiger partial charge in [0.25, 0.3) is 5.56 Å². The highest BCUT2D eigenvalue weighted by molar-refractivity contribution is 7.99. The SMILES string of the molecule is C=CCn1c(SCC(=O)N[C@H]2CCC[C@H](C)[C@H]2C)nc2ccc(Cl)cc2c1=O. The fourth-order valence-electron chi connectivity index (χ4n) is 3.74. The average Bonchev–Trinajstić information content (AvgIpc) is 2.67. The largest absolute Gasteiger partial charge is 0.352 e. The van der Waals surface area contributed by atoms with Crippen molar-refractivity contribution in [1.82, 2.24) is 14.9 Å². The van der Waals surface area contributed by atoms with Gasteiger partial charge in [0.05, 0.1) is 16.7 Å². The van der Waals surface area contributed by atoms with Crippen LogP contribution in [0.4, 0.5) is 0 Å². The standard InChI is InChI=1S/C21H26ClN3O2S/c1-4-10-25-20(27)16-11-15(22)8-9-18(16)24-21(25)28-12-19(26)23-17-7-5-6-13(2)14(17)3/h4,8-9,11,13-14,17H,1,5-7,10,12H2,2-3H3,(H,23,26)/t13-,14+,17-/m0/s1. The van der Waals surface area contributed by atoms with Gasteiger partial charge in [-0.05, 0) is 36.5 Å². The van der Waals surface area contributed by atoms with Crippen LogP contribution in [0.1, 0.15) is 33.1 Å². The van der Waals surface area contributed by atoms with Crippen LogP contribution >= 0.6 is 23.4 Å². The van der Waals surface area contributed by atoms with Crippen LogP contribution in [0.25, 0.3) is 10.9 Å². The number of carbonyl (C=O) groups excluding carboxylic acids is 1. The van der Waals surface area contributed by atoms with E-state index in [0.29, 0.717) is 39.5 Å². The number of hydrogen-bond donors (Lipinski definition) is 1. The van der Waals surface area contributed by atoms with E-state index in [1.165, 1.54) is 22.7 Å². The first-order valence-electron chi connectivity index (χ1n) is 9.64. The summed E-state index contributed by atoms with van der Waals surface area (Å²) in [5.41, 5.74) is 0.400. The molecule has 0 radical (unpaired) electrons. The predicted octanol–water partition coefficient (Wildman–Crippen LogP) is 4.27. The zero-order valence-corrected chi connectivity index (χ0v) is 17.9. The molecule has 0 bridgehead atoms. The van der Waals surface area contributed by atoms with Gasteiger partial charge in [-0.3, -0.25) is 14.2 Å². The fourth-order valence-corrected chi connectivity index (χ4v) is 4.73. The third-order valence-corrected chi connectivity index (χ3v) is 6.79. The summed E-state index contributed by atoms with van der Waals surface area (Å²) in [6, 6.07) is 5.28. The molecular formula is C21H26ClN3O2S. The Labute approximate surface area is 174 Å². The van der Waals surface area contributed by atoms with Crippen molar-refractivity contribution in [3.63, 3.8) is 0 Å². The Hall–Kier alpha value is -1.79. The number of rotatable bonds is 6. The van der Waals surface area contributed by atoms with Crippen LogP contribution in [0.15, 0.2) is 40.8 Å². The number of benzene rings is 1. The van der Waals surface area contributed by atoms with Gasteiger partial charge in [0.2, 0.25) is 5.91 Å². The summed E-state index contributed by atoms with van der Waals surface area (Å²) in [4.78, 5) is 29.9. The molecule has 3 atom stereocenters. The second kappa shape index (κ2) is 9.14. The topological polar surface area (TPSA) is 64.0 Å². The molecule has 150 valence electrons. The Morgan fingerprint density at radius 3 is 2.96 bits per heavy atom. The maximum atomic E-state index is 12.8. The molecule has 1 fully saturated rings. The highest BCUT2D eigenvalue weighted by Crippen LogP contribution is 2.29. The van der Waals surface area contributed by atoms with Crippen molar-refractivity contribution in [2.75, 3.05) is 5.75 Å². The molecule has 5 nitrogen and oxygen atoms in total. The Bertz CT molecular complexity index is 943. The molecule has 1 heterocycles. The number of allylic oxidation sites excluding steroid dienone is 1. The van der Waals surface area contributed by atoms with Crippen LogP contribution in [-0.2, 0) is 11.3 Å². The molecule has 3 rings (SSSR count). The smallest absolute Gasteiger partial charge is 0.262 e. The van der Waals surface area contributed by atoms with Crippen molar-refractivity contribution in [2.24, 2.45) is 11.8 Å². The third-order valence-electron chi connectivity index (χ3n) is 5.58. The highest BCUT2D eigenvalue weighted by Gasteiger charge is 2.28. The van der Waals surface area contributed by atoms with Gasteiger partial charge in [-0.15, -0.1) is 6.58 Å². The summed E-state index contributed by atoms with van der Waals surface area (Å²) in [6.45, 7) is 8.51. The van der Waals surface area contributed by atoms with Crippen LogP contribution in [-0.4, -0.2) is 27.3 Å². The van der Waals surface area contributed by atoms with Crippen molar-refractivity contribution in [3.05, 3.63) is 46.2 Å². The first kappa shape index (κ1) is 20.9. The molecule has 1 aliphatic carbocycles. The van der Waals surface area contributed by atoms with Crippen molar-refractivity contribution in [2.45, 2.75) is 50.9 Å². The number of hydrogen-bond acceptors (Lipinski definition) is 4. The number of carbonyl (C=O) groups is 1. The van der Waals surface area contributed by atoms with E-state index < -0.39 is 0 Å². The number of amides is 1. The maximum Gasteiger partial charge on any atom is 0.262 e. The number of thioether (sulfide) groups is 1. The summed E-state index contributed by atoms with van der Waals surface area (Å²) in [5.74, 6) is 1.30.